The van der Waals surface area contributed by atoms with Crippen LogP contribution < -0.4 is 14.5 Å². The molecule has 2 heterocycles. The molecular formula is C25H30ClN3O2. The van der Waals surface area contributed by atoms with Crippen molar-refractivity contribution < 1.29 is 9.53 Å². The highest BCUT2D eigenvalue weighted by molar-refractivity contribution is 6.33. The Labute approximate surface area is 189 Å². The molecule has 0 N–H and O–H groups in total. The fraction of sp³-hybridized carbons (Fsp3) is 0.480. The number of benzene rings is 2. The van der Waals surface area contributed by atoms with Gasteiger partial charge in [0.1, 0.15) is 5.75 Å². The maximum atomic E-state index is 13.2. The van der Waals surface area contributed by atoms with Crippen LogP contribution in [0.25, 0.3) is 0 Å². The van der Waals surface area contributed by atoms with Crippen molar-refractivity contribution in [3.05, 3.63) is 52.5 Å². The van der Waals surface area contributed by atoms with E-state index in [-0.39, 0.29) is 5.91 Å². The lowest BCUT2D eigenvalue weighted by Crippen LogP contribution is -2.37. The SMILES string of the molecule is CN(C)C1CCN(c2ccc(N3CCc4cc(OCC5CC5)ccc4C3=O)cc2Cl)C1. The van der Waals surface area contributed by atoms with Crippen LogP contribution in [0.1, 0.15) is 35.2 Å². The van der Waals surface area contributed by atoms with Gasteiger partial charge in [-0.05, 0) is 87.7 Å². The highest BCUT2D eigenvalue weighted by atomic mass is 35.5. The summed E-state index contributed by atoms with van der Waals surface area (Å²) >= 11 is 6.68. The molecule has 0 aromatic heterocycles. The predicted octanol–water partition coefficient (Wildman–Crippen LogP) is 4.47. The molecule has 6 heteroatoms. The van der Waals surface area contributed by atoms with Gasteiger partial charge in [-0.2, -0.15) is 0 Å². The van der Waals surface area contributed by atoms with Gasteiger partial charge in [-0.15, -0.1) is 0 Å². The third kappa shape index (κ3) is 4.26. The van der Waals surface area contributed by atoms with Crippen molar-refractivity contribution in [2.24, 2.45) is 5.92 Å². The highest BCUT2D eigenvalue weighted by Gasteiger charge is 2.29. The van der Waals surface area contributed by atoms with Crippen molar-refractivity contribution >= 4 is 28.9 Å². The topological polar surface area (TPSA) is 36.0 Å². The van der Waals surface area contributed by atoms with Crippen molar-refractivity contribution in [3.8, 4) is 5.75 Å². The number of amides is 1. The first-order valence-electron chi connectivity index (χ1n) is 11.3. The van der Waals surface area contributed by atoms with Crippen molar-refractivity contribution in [1.29, 1.82) is 0 Å². The van der Waals surface area contributed by atoms with Crippen LogP contribution in [0, 0.1) is 5.92 Å². The molecule has 31 heavy (non-hydrogen) atoms. The number of likely N-dealkylation sites (N-methyl/N-ethyl adjacent to an activating group) is 1. The molecule has 2 aliphatic heterocycles. The first-order chi connectivity index (χ1) is 15.0. The molecule has 5 nitrogen and oxygen atoms in total. The Kier molecular flexibility index (Phi) is 5.57. The summed E-state index contributed by atoms with van der Waals surface area (Å²) in [5, 5.41) is 0.708. The number of carbonyl (C=O) groups is 1. The summed E-state index contributed by atoms with van der Waals surface area (Å²) < 4.78 is 5.89. The zero-order valence-corrected chi connectivity index (χ0v) is 19.1. The largest absolute Gasteiger partial charge is 0.493 e. The van der Waals surface area contributed by atoms with Crippen molar-refractivity contribution in [2.45, 2.75) is 31.7 Å². The third-order valence-electron chi connectivity index (χ3n) is 6.82. The van der Waals surface area contributed by atoms with E-state index in [1.54, 1.807) is 0 Å². The molecule has 2 fully saturated rings. The summed E-state index contributed by atoms with van der Waals surface area (Å²) in [6, 6.07) is 12.5. The van der Waals surface area contributed by atoms with Gasteiger partial charge in [0, 0.05) is 36.9 Å². The summed E-state index contributed by atoms with van der Waals surface area (Å²) in [5.74, 6) is 1.63. The molecule has 1 saturated carbocycles. The molecule has 5 rings (SSSR count). The molecule has 164 valence electrons. The summed E-state index contributed by atoms with van der Waals surface area (Å²) in [7, 11) is 4.25. The lowest BCUT2D eigenvalue weighted by Gasteiger charge is -2.30. The van der Waals surface area contributed by atoms with Crippen molar-refractivity contribution in [3.63, 3.8) is 0 Å². The second-order valence-electron chi connectivity index (χ2n) is 9.27. The number of ether oxygens (including phenoxy) is 1. The number of nitrogens with zero attached hydrogens (tertiary/aromatic N) is 3. The van der Waals surface area contributed by atoms with E-state index in [0.717, 1.165) is 66.7 Å². The van der Waals surface area contributed by atoms with E-state index < -0.39 is 0 Å². The number of carbonyl (C=O) groups excluding carboxylic acids is 1. The predicted molar refractivity (Wildman–Crippen MR) is 126 cm³/mol. The van der Waals surface area contributed by atoms with Gasteiger partial charge in [-0.25, -0.2) is 0 Å². The first-order valence-corrected chi connectivity index (χ1v) is 11.7. The standard InChI is InChI=1S/C25H30ClN3O2/c1-27(2)20-10-11-28(15-20)24-8-5-19(14-23(24)26)29-12-9-18-13-21(31-16-17-3-4-17)6-7-22(18)25(29)30/h5-8,13-14,17,20H,3-4,9-12,15-16H2,1-2H3. The van der Waals surface area contributed by atoms with E-state index >= 15 is 0 Å². The zero-order valence-electron chi connectivity index (χ0n) is 18.3. The lowest BCUT2D eigenvalue weighted by atomic mass is 9.98. The summed E-state index contributed by atoms with van der Waals surface area (Å²) in [4.78, 5) is 19.7. The summed E-state index contributed by atoms with van der Waals surface area (Å²) in [6.07, 6.45) is 4.50. The van der Waals surface area contributed by atoms with Gasteiger partial charge in [0.2, 0.25) is 0 Å². The summed E-state index contributed by atoms with van der Waals surface area (Å²) in [5.41, 5.74) is 3.75. The third-order valence-corrected chi connectivity index (χ3v) is 7.12. The van der Waals surface area contributed by atoms with Crippen LogP contribution >= 0.6 is 11.6 Å². The van der Waals surface area contributed by atoms with Crippen LogP contribution in [0.4, 0.5) is 11.4 Å². The number of hydrogen-bond acceptors (Lipinski definition) is 4. The molecule has 2 aromatic rings. The van der Waals surface area contributed by atoms with Gasteiger partial charge in [0.25, 0.3) is 5.91 Å². The fourth-order valence-corrected chi connectivity index (χ4v) is 4.90. The maximum Gasteiger partial charge on any atom is 0.258 e. The molecule has 2 aromatic carbocycles. The van der Waals surface area contributed by atoms with Gasteiger partial charge >= 0.3 is 0 Å². The maximum absolute atomic E-state index is 13.2. The molecule has 1 aliphatic carbocycles. The van der Waals surface area contributed by atoms with Gasteiger partial charge in [0.15, 0.2) is 0 Å². The normalized spacial score (nSPS) is 21.0. The fourth-order valence-electron chi connectivity index (χ4n) is 4.60. The average Bonchev–Trinajstić information content (AvgIpc) is 3.46. The Balaban J connectivity index is 1.31. The number of hydrogen-bond donors (Lipinski definition) is 0. The molecular weight excluding hydrogens is 410 g/mol. The van der Waals surface area contributed by atoms with Crippen LogP contribution in [-0.2, 0) is 6.42 Å². The Morgan fingerprint density at radius 3 is 2.65 bits per heavy atom. The minimum absolute atomic E-state index is 0.0349. The van der Waals surface area contributed by atoms with E-state index in [1.807, 2.05) is 35.2 Å². The van der Waals surface area contributed by atoms with Crippen LogP contribution in [0.15, 0.2) is 36.4 Å². The molecule has 3 aliphatic rings. The molecule has 1 amide bonds. The monoisotopic (exact) mass is 439 g/mol. The van der Waals surface area contributed by atoms with Gasteiger partial charge in [-0.3, -0.25) is 4.79 Å². The first kappa shape index (κ1) is 20.7. The van der Waals surface area contributed by atoms with Crippen molar-refractivity contribution in [1.82, 2.24) is 4.90 Å². The molecule has 0 spiro atoms. The molecule has 1 saturated heterocycles. The quantitative estimate of drug-likeness (QED) is 0.665. The van der Waals surface area contributed by atoms with E-state index in [4.69, 9.17) is 16.3 Å². The zero-order chi connectivity index (χ0) is 21.5. The molecule has 0 radical (unpaired) electrons. The van der Waals surface area contributed by atoms with Gasteiger partial charge < -0.3 is 19.4 Å². The number of anilines is 2. The molecule has 1 atom stereocenters. The van der Waals surface area contributed by atoms with E-state index in [0.29, 0.717) is 17.6 Å². The lowest BCUT2D eigenvalue weighted by molar-refractivity contribution is 0.0980. The van der Waals surface area contributed by atoms with Gasteiger partial charge in [0.05, 0.1) is 17.3 Å². The van der Waals surface area contributed by atoms with E-state index in [1.165, 1.54) is 12.8 Å². The van der Waals surface area contributed by atoms with Crippen LogP contribution in [-0.4, -0.2) is 57.2 Å². The minimum atomic E-state index is 0.0349. The second-order valence-corrected chi connectivity index (χ2v) is 9.68. The second kappa shape index (κ2) is 8.36. The van der Waals surface area contributed by atoms with E-state index in [2.05, 4.69) is 30.0 Å². The smallest absolute Gasteiger partial charge is 0.258 e. The van der Waals surface area contributed by atoms with E-state index in [9.17, 15) is 4.79 Å². The van der Waals surface area contributed by atoms with Crippen LogP contribution in [0.5, 0.6) is 5.75 Å². The average molecular weight is 440 g/mol. The number of fused-ring (bicyclic) bond motifs is 1. The molecule has 0 bridgehead atoms. The molecule has 1 unspecified atom stereocenters. The Hall–Kier alpha value is -2.24. The number of rotatable bonds is 6. The van der Waals surface area contributed by atoms with Crippen LogP contribution in [0.2, 0.25) is 5.02 Å². The minimum Gasteiger partial charge on any atom is -0.493 e. The Morgan fingerprint density at radius 2 is 1.94 bits per heavy atom. The van der Waals surface area contributed by atoms with Gasteiger partial charge in [-0.1, -0.05) is 11.6 Å². The highest BCUT2D eigenvalue weighted by Crippen LogP contribution is 2.35. The van der Waals surface area contributed by atoms with Crippen molar-refractivity contribution in [2.75, 3.05) is 50.1 Å². The Bertz CT molecular complexity index is 989. The van der Waals surface area contributed by atoms with Crippen LogP contribution in [0.3, 0.4) is 0 Å². The Morgan fingerprint density at radius 1 is 1.10 bits per heavy atom. The summed E-state index contributed by atoms with van der Waals surface area (Å²) in [6.45, 7) is 3.42. The number of halogens is 1.